The summed E-state index contributed by atoms with van der Waals surface area (Å²) in [6.45, 7) is 3.40. The summed E-state index contributed by atoms with van der Waals surface area (Å²) in [6.07, 6.45) is 0.732. The molecule has 2 fully saturated rings. The smallest absolute Gasteiger partial charge is 0.288 e. The first kappa shape index (κ1) is 13.4. The van der Waals surface area contributed by atoms with Crippen LogP contribution in [0.5, 0.6) is 0 Å². The first-order valence-electron chi connectivity index (χ1n) is 5.92. The summed E-state index contributed by atoms with van der Waals surface area (Å²) in [5.74, 6) is -0.0288. The van der Waals surface area contributed by atoms with E-state index in [2.05, 4.69) is 5.32 Å². The Morgan fingerprint density at radius 3 is 2.67 bits per heavy atom. The number of imide groups is 1. The molecule has 2 heterocycles. The molecule has 0 radical (unpaired) electrons. The normalized spacial score (nSPS) is 21.9. The van der Waals surface area contributed by atoms with Gasteiger partial charge in [0.25, 0.3) is 5.24 Å². The predicted octanol–water partition coefficient (Wildman–Crippen LogP) is 0.225. The van der Waals surface area contributed by atoms with Crippen LogP contribution in [0.2, 0.25) is 0 Å². The van der Waals surface area contributed by atoms with E-state index >= 15 is 0 Å². The molecule has 0 bridgehead atoms. The predicted molar refractivity (Wildman–Crippen MR) is 66.1 cm³/mol. The van der Waals surface area contributed by atoms with Crippen LogP contribution in [0, 0.1) is 5.41 Å². The number of carbonyl (C=O) groups excluding carboxylic acids is 3. The zero-order valence-corrected chi connectivity index (χ0v) is 11.0. The van der Waals surface area contributed by atoms with Crippen LogP contribution in [0.3, 0.4) is 0 Å². The molecule has 1 N–H and O–H groups in total. The summed E-state index contributed by atoms with van der Waals surface area (Å²) in [6, 6.07) is 0. The van der Waals surface area contributed by atoms with Crippen molar-refractivity contribution in [3.05, 3.63) is 0 Å². The fourth-order valence-corrected chi connectivity index (χ4v) is 2.66. The minimum Gasteiger partial charge on any atom is -0.379 e. The van der Waals surface area contributed by atoms with Crippen molar-refractivity contribution in [3.8, 4) is 0 Å². The van der Waals surface area contributed by atoms with E-state index in [-0.39, 0.29) is 29.4 Å². The van der Waals surface area contributed by atoms with Gasteiger partial charge in [-0.05, 0) is 6.42 Å². The van der Waals surface area contributed by atoms with Crippen LogP contribution in [0.1, 0.15) is 13.3 Å². The van der Waals surface area contributed by atoms with Gasteiger partial charge in [0, 0.05) is 13.1 Å². The van der Waals surface area contributed by atoms with Gasteiger partial charge >= 0.3 is 0 Å². The van der Waals surface area contributed by atoms with Crippen molar-refractivity contribution in [2.45, 2.75) is 13.3 Å². The molecule has 0 saturated carbocycles. The summed E-state index contributed by atoms with van der Waals surface area (Å²) in [4.78, 5) is 35.8. The van der Waals surface area contributed by atoms with Crippen LogP contribution in [0.4, 0.5) is 4.79 Å². The molecule has 0 atom stereocenters. The zero-order chi connectivity index (χ0) is 13.2. The molecule has 6 nitrogen and oxygen atoms in total. The lowest BCUT2D eigenvalue weighted by molar-refractivity contribution is -0.162. The number of nitrogens with zero attached hydrogens (tertiary/aromatic N) is 1. The highest BCUT2D eigenvalue weighted by atomic mass is 32.2. The molecule has 18 heavy (non-hydrogen) atoms. The lowest BCUT2D eigenvalue weighted by Crippen LogP contribution is -2.54. The second-order valence-electron chi connectivity index (χ2n) is 4.48. The maximum atomic E-state index is 11.9. The van der Waals surface area contributed by atoms with Gasteiger partial charge in [0.2, 0.25) is 11.8 Å². The van der Waals surface area contributed by atoms with E-state index in [1.807, 2.05) is 6.92 Å². The van der Waals surface area contributed by atoms with Crippen molar-refractivity contribution in [2.75, 3.05) is 32.1 Å². The molecule has 0 aliphatic carbocycles. The molecule has 0 aromatic heterocycles. The average molecular weight is 272 g/mol. The number of carbonyl (C=O) groups is 3. The van der Waals surface area contributed by atoms with Gasteiger partial charge in [-0.15, -0.1) is 0 Å². The minimum atomic E-state index is -0.409. The highest BCUT2D eigenvalue weighted by molar-refractivity contribution is 8.14. The van der Waals surface area contributed by atoms with Crippen LogP contribution in [-0.4, -0.2) is 54.0 Å². The molecule has 0 spiro atoms. The number of nitrogens with one attached hydrogen (secondary N) is 1. The number of thioether (sulfide) groups is 1. The highest BCUT2D eigenvalue weighted by Gasteiger charge is 2.44. The Morgan fingerprint density at radius 1 is 1.50 bits per heavy atom. The summed E-state index contributed by atoms with van der Waals surface area (Å²) >= 11 is 1.00. The summed E-state index contributed by atoms with van der Waals surface area (Å²) in [5, 5.41) is 2.54. The Morgan fingerprint density at radius 2 is 2.22 bits per heavy atom. The first-order valence-corrected chi connectivity index (χ1v) is 6.91. The first-order chi connectivity index (χ1) is 8.59. The second-order valence-corrected chi connectivity index (χ2v) is 5.41. The monoisotopic (exact) mass is 272 g/mol. The lowest BCUT2D eigenvalue weighted by Gasteiger charge is -2.39. The topological polar surface area (TPSA) is 75.7 Å². The minimum absolute atomic E-state index is 0.0528. The largest absolute Gasteiger partial charge is 0.379 e. The fourth-order valence-electron chi connectivity index (χ4n) is 1.91. The van der Waals surface area contributed by atoms with Crippen LogP contribution in [-0.2, 0) is 14.3 Å². The molecular weight excluding hydrogens is 256 g/mol. The molecule has 2 rings (SSSR count). The molecule has 2 aliphatic rings. The maximum absolute atomic E-state index is 11.9. The second kappa shape index (κ2) is 5.27. The molecule has 3 amide bonds. The number of amides is 3. The SMILES string of the molecule is CCC1(C(=O)NCCN2C(=O)CSC2=O)COC1. The van der Waals surface area contributed by atoms with Gasteiger partial charge in [0.05, 0.1) is 24.4 Å². The van der Waals surface area contributed by atoms with Gasteiger partial charge in [-0.2, -0.15) is 0 Å². The third kappa shape index (κ3) is 2.37. The van der Waals surface area contributed by atoms with E-state index < -0.39 is 5.41 Å². The molecule has 100 valence electrons. The van der Waals surface area contributed by atoms with E-state index in [4.69, 9.17) is 4.74 Å². The van der Waals surface area contributed by atoms with E-state index in [0.717, 1.165) is 18.2 Å². The average Bonchev–Trinajstić information content (AvgIpc) is 2.60. The summed E-state index contributed by atoms with van der Waals surface area (Å²) in [5.41, 5.74) is -0.409. The van der Waals surface area contributed by atoms with Crippen LogP contribution < -0.4 is 5.32 Å². The Bertz CT molecular complexity index is 360. The van der Waals surface area contributed by atoms with Crippen molar-refractivity contribution in [1.82, 2.24) is 10.2 Å². The third-order valence-corrected chi connectivity index (χ3v) is 4.24. The van der Waals surface area contributed by atoms with Crippen LogP contribution in [0.25, 0.3) is 0 Å². The summed E-state index contributed by atoms with van der Waals surface area (Å²) in [7, 11) is 0. The molecule has 0 aromatic carbocycles. The van der Waals surface area contributed by atoms with Crippen molar-refractivity contribution in [2.24, 2.45) is 5.41 Å². The molecule has 0 aromatic rings. The van der Waals surface area contributed by atoms with E-state index in [9.17, 15) is 14.4 Å². The van der Waals surface area contributed by atoms with Crippen molar-refractivity contribution < 1.29 is 19.1 Å². The number of rotatable bonds is 5. The molecule has 2 saturated heterocycles. The van der Waals surface area contributed by atoms with Gasteiger partial charge in [-0.3, -0.25) is 19.3 Å². The van der Waals surface area contributed by atoms with E-state index in [0.29, 0.717) is 19.8 Å². The standard InChI is InChI=1S/C11H16N2O4S/c1-2-11(6-17-7-11)9(15)12-3-4-13-8(14)5-18-10(13)16/h2-7H2,1H3,(H,12,15). The number of ether oxygens (including phenoxy) is 1. The third-order valence-electron chi connectivity index (χ3n) is 3.38. The van der Waals surface area contributed by atoms with Gasteiger partial charge in [0.1, 0.15) is 0 Å². The zero-order valence-electron chi connectivity index (χ0n) is 10.2. The Kier molecular flexibility index (Phi) is 3.91. The maximum Gasteiger partial charge on any atom is 0.288 e. The molecule has 7 heteroatoms. The van der Waals surface area contributed by atoms with Crippen molar-refractivity contribution in [1.29, 1.82) is 0 Å². The Hall–Kier alpha value is -1.08. The molecule has 0 unspecified atom stereocenters. The Balaban J connectivity index is 1.77. The van der Waals surface area contributed by atoms with E-state index in [1.165, 1.54) is 4.90 Å². The van der Waals surface area contributed by atoms with Gasteiger partial charge in [-0.25, -0.2) is 0 Å². The quantitative estimate of drug-likeness (QED) is 0.775. The summed E-state index contributed by atoms with van der Waals surface area (Å²) < 4.78 is 5.08. The fraction of sp³-hybridized carbons (Fsp3) is 0.727. The van der Waals surface area contributed by atoms with E-state index in [1.54, 1.807) is 0 Å². The molecular formula is C11H16N2O4S. The van der Waals surface area contributed by atoms with Gasteiger partial charge < -0.3 is 10.1 Å². The molecule has 2 aliphatic heterocycles. The number of hydrogen-bond acceptors (Lipinski definition) is 5. The highest BCUT2D eigenvalue weighted by Crippen LogP contribution is 2.31. The van der Waals surface area contributed by atoms with Gasteiger partial charge in [0.15, 0.2) is 0 Å². The van der Waals surface area contributed by atoms with Gasteiger partial charge in [-0.1, -0.05) is 18.7 Å². The lowest BCUT2D eigenvalue weighted by atomic mass is 9.82. The van der Waals surface area contributed by atoms with Crippen molar-refractivity contribution in [3.63, 3.8) is 0 Å². The van der Waals surface area contributed by atoms with Crippen molar-refractivity contribution >= 4 is 28.8 Å². The van der Waals surface area contributed by atoms with Crippen LogP contribution >= 0.6 is 11.8 Å². The van der Waals surface area contributed by atoms with Crippen LogP contribution in [0.15, 0.2) is 0 Å². The number of hydrogen-bond donors (Lipinski definition) is 1. The Labute approximate surface area is 109 Å².